The molecule has 34 heavy (non-hydrogen) atoms. The molecule has 10 heteroatoms. The Bertz CT molecular complexity index is 1080. The van der Waals surface area contributed by atoms with Gasteiger partial charge < -0.3 is 10.2 Å². The highest BCUT2D eigenvalue weighted by molar-refractivity contribution is 7.92. The molecule has 1 unspecified atom stereocenters. The van der Waals surface area contributed by atoms with E-state index < -0.39 is 21.9 Å². The van der Waals surface area contributed by atoms with E-state index in [2.05, 4.69) is 5.32 Å². The Hall–Kier alpha value is -2.65. The fourth-order valence-corrected chi connectivity index (χ4v) is 4.48. The third-order valence-corrected chi connectivity index (χ3v) is 6.58. The summed E-state index contributed by atoms with van der Waals surface area (Å²) < 4.78 is 38.9. The number of nitrogens with one attached hydrogen (secondary N) is 1. The second-order valence-electron chi connectivity index (χ2n) is 8.40. The van der Waals surface area contributed by atoms with Crippen LogP contribution >= 0.6 is 11.6 Å². The minimum absolute atomic E-state index is 0.0279. The molecule has 2 aromatic carbocycles. The van der Waals surface area contributed by atoms with Gasteiger partial charge in [0, 0.05) is 30.6 Å². The van der Waals surface area contributed by atoms with E-state index in [4.69, 9.17) is 11.6 Å². The third-order valence-electron chi connectivity index (χ3n) is 5.13. The Morgan fingerprint density at radius 3 is 2.15 bits per heavy atom. The highest BCUT2D eigenvalue weighted by atomic mass is 35.5. The van der Waals surface area contributed by atoms with Crippen molar-refractivity contribution < 1.29 is 22.4 Å². The number of amides is 2. The summed E-state index contributed by atoms with van der Waals surface area (Å²) in [5.41, 5.74) is 1.13. The predicted octanol–water partition coefficient (Wildman–Crippen LogP) is 3.97. The number of anilines is 1. The Balaban J connectivity index is 2.15. The van der Waals surface area contributed by atoms with E-state index in [-0.39, 0.29) is 43.8 Å². The van der Waals surface area contributed by atoms with Crippen LogP contribution in [-0.2, 0) is 26.2 Å². The minimum Gasteiger partial charge on any atom is -0.352 e. The van der Waals surface area contributed by atoms with Crippen molar-refractivity contribution in [3.05, 3.63) is 64.9 Å². The third kappa shape index (κ3) is 8.29. The van der Waals surface area contributed by atoms with Crippen LogP contribution in [0, 0.1) is 5.82 Å². The molecule has 0 aliphatic carbocycles. The number of nitrogens with zero attached hydrogens (tertiary/aromatic N) is 2. The van der Waals surface area contributed by atoms with E-state index in [0.717, 1.165) is 16.1 Å². The number of halogens is 2. The number of hydrogen-bond acceptors (Lipinski definition) is 4. The fraction of sp³-hybridized carbons (Fsp3) is 0.417. The first-order valence-electron chi connectivity index (χ1n) is 11.0. The summed E-state index contributed by atoms with van der Waals surface area (Å²) in [6, 6.07) is 11.3. The number of carbonyl (C=O) groups excluding carboxylic acids is 2. The molecule has 0 fully saturated rings. The zero-order chi connectivity index (χ0) is 25.5. The van der Waals surface area contributed by atoms with Crippen molar-refractivity contribution in [3.8, 4) is 0 Å². The number of hydrogen-bond donors (Lipinski definition) is 1. The molecule has 7 nitrogen and oxygen atoms in total. The van der Waals surface area contributed by atoms with Crippen LogP contribution in [0.3, 0.4) is 0 Å². The zero-order valence-corrected chi connectivity index (χ0v) is 21.4. The summed E-state index contributed by atoms with van der Waals surface area (Å²) in [5, 5.41) is 3.38. The van der Waals surface area contributed by atoms with Crippen LogP contribution in [-0.4, -0.2) is 50.0 Å². The largest absolute Gasteiger partial charge is 0.352 e. The first kappa shape index (κ1) is 27.6. The van der Waals surface area contributed by atoms with Gasteiger partial charge in [-0.05, 0) is 69.2 Å². The smallest absolute Gasteiger partial charge is 0.242 e. The lowest BCUT2D eigenvalue weighted by molar-refractivity contribution is -0.140. The molecular weight excluding hydrogens is 481 g/mol. The molecular formula is C24H31ClFN3O4S. The number of sulfonamides is 1. The van der Waals surface area contributed by atoms with Gasteiger partial charge in [-0.3, -0.25) is 13.9 Å². The van der Waals surface area contributed by atoms with Crippen LogP contribution in [0.4, 0.5) is 10.1 Å². The van der Waals surface area contributed by atoms with E-state index >= 15 is 0 Å². The van der Waals surface area contributed by atoms with Crippen LogP contribution in [0.5, 0.6) is 0 Å². The quantitative estimate of drug-likeness (QED) is 0.494. The fourth-order valence-electron chi connectivity index (χ4n) is 3.39. The Morgan fingerprint density at radius 2 is 1.62 bits per heavy atom. The first-order valence-corrected chi connectivity index (χ1v) is 13.2. The van der Waals surface area contributed by atoms with E-state index in [1.807, 2.05) is 13.8 Å². The van der Waals surface area contributed by atoms with Gasteiger partial charge in [0.1, 0.15) is 11.9 Å². The van der Waals surface area contributed by atoms with Crippen LogP contribution in [0.25, 0.3) is 0 Å². The molecule has 0 radical (unpaired) electrons. The monoisotopic (exact) mass is 511 g/mol. The molecule has 2 rings (SSSR count). The van der Waals surface area contributed by atoms with Crippen LogP contribution in [0.2, 0.25) is 5.02 Å². The summed E-state index contributed by atoms with van der Waals surface area (Å²) >= 11 is 5.96. The summed E-state index contributed by atoms with van der Waals surface area (Å²) in [7, 11) is -3.64. The Morgan fingerprint density at radius 1 is 1.03 bits per heavy atom. The van der Waals surface area contributed by atoms with E-state index in [1.54, 1.807) is 31.2 Å². The lowest BCUT2D eigenvalue weighted by atomic mass is 10.1. The standard InChI is InChI=1S/C24H31ClFN3O4S/c1-17(2)27-24(31)18(3)28(16-19-7-9-20(25)10-8-19)23(30)6-5-15-29(34(4,32)33)22-13-11-21(26)12-14-22/h7-14,17-18H,5-6,15-16H2,1-4H3,(H,27,31). The van der Waals surface area contributed by atoms with Gasteiger partial charge in [-0.25, -0.2) is 12.8 Å². The highest BCUT2D eigenvalue weighted by Crippen LogP contribution is 2.20. The summed E-state index contributed by atoms with van der Waals surface area (Å²) in [6.07, 6.45) is 1.31. The summed E-state index contributed by atoms with van der Waals surface area (Å²) in [4.78, 5) is 27.3. The first-order chi connectivity index (χ1) is 15.9. The molecule has 0 bridgehead atoms. The summed E-state index contributed by atoms with van der Waals surface area (Å²) in [6.45, 7) is 5.58. The van der Waals surface area contributed by atoms with Crippen molar-refractivity contribution in [3.63, 3.8) is 0 Å². The van der Waals surface area contributed by atoms with Crippen molar-refractivity contribution in [2.75, 3.05) is 17.1 Å². The van der Waals surface area contributed by atoms with Gasteiger partial charge in [0.05, 0.1) is 11.9 Å². The second kappa shape index (κ2) is 12.2. The Kier molecular flexibility index (Phi) is 9.88. The molecule has 0 aliphatic heterocycles. The molecule has 1 atom stereocenters. The Labute approximate surface area is 205 Å². The molecule has 0 heterocycles. The van der Waals surface area contributed by atoms with Crippen LogP contribution in [0.15, 0.2) is 48.5 Å². The van der Waals surface area contributed by atoms with Crippen LogP contribution < -0.4 is 9.62 Å². The maximum Gasteiger partial charge on any atom is 0.242 e. The average molecular weight is 512 g/mol. The van der Waals surface area contributed by atoms with Gasteiger partial charge in [0.2, 0.25) is 21.8 Å². The number of rotatable bonds is 11. The van der Waals surface area contributed by atoms with E-state index in [9.17, 15) is 22.4 Å². The molecule has 186 valence electrons. The molecule has 2 amide bonds. The summed E-state index contributed by atoms with van der Waals surface area (Å²) in [5.74, 6) is -1.03. The maximum atomic E-state index is 13.3. The second-order valence-corrected chi connectivity index (χ2v) is 10.7. The topological polar surface area (TPSA) is 86.8 Å². The maximum absolute atomic E-state index is 13.3. The van der Waals surface area contributed by atoms with Crippen molar-refractivity contribution in [1.29, 1.82) is 0 Å². The average Bonchev–Trinajstić information content (AvgIpc) is 2.75. The van der Waals surface area contributed by atoms with Crippen LogP contribution in [0.1, 0.15) is 39.2 Å². The van der Waals surface area contributed by atoms with Gasteiger partial charge in [0.25, 0.3) is 0 Å². The lowest BCUT2D eigenvalue weighted by Crippen LogP contribution is -2.49. The lowest BCUT2D eigenvalue weighted by Gasteiger charge is -2.30. The van der Waals surface area contributed by atoms with Gasteiger partial charge in [-0.1, -0.05) is 23.7 Å². The van der Waals surface area contributed by atoms with Crippen molar-refractivity contribution in [2.24, 2.45) is 0 Å². The number of benzene rings is 2. The van der Waals surface area contributed by atoms with Crippen molar-refractivity contribution in [1.82, 2.24) is 10.2 Å². The zero-order valence-electron chi connectivity index (χ0n) is 19.8. The molecule has 0 spiro atoms. The molecule has 1 N–H and O–H groups in total. The molecule has 0 saturated carbocycles. The van der Waals surface area contributed by atoms with Crippen molar-refractivity contribution >= 4 is 39.1 Å². The molecule has 2 aromatic rings. The van der Waals surface area contributed by atoms with Gasteiger partial charge in [-0.2, -0.15) is 0 Å². The van der Waals surface area contributed by atoms with Gasteiger partial charge >= 0.3 is 0 Å². The predicted molar refractivity (Wildman–Crippen MR) is 133 cm³/mol. The minimum atomic E-state index is -3.64. The van der Waals surface area contributed by atoms with Crippen molar-refractivity contribution in [2.45, 2.75) is 52.2 Å². The van der Waals surface area contributed by atoms with Gasteiger partial charge in [0.15, 0.2) is 0 Å². The SMILES string of the molecule is CC(C)NC(=O)C(C)N(Cc1ccc(Cl)cc1)C(=O)CCCN(c1ccc(F)cc1)S(C)(=O)=O. The molecule has 0 aromatic heterocycles. The highest BCUT2D eigenvalue weighted by Gasteiger charge is 2.27. The number of carbonyl (C=O) groups is 2. The molecule has 0 saturated heterocycles. The molecule has 0 aliphatic rings. The van der Waals surface area contributed by atoms with Gasteiger partial charge in [-0.15, -0.1) is 0 Å². The van der Waals surface area contributed by atoms with E-state index in [0.29, 0.717) is 10.7 Å². The van der Waals surface area contributed by atoms with E-state index in [1.165, 1.54) is 29.2 Å². The normalized spacial score (nSPS) is 12.3.